The number of nitrogens with zero attached hydrogens (tertiary/aromatic N) is 4. The number of aliphatic imine (C=N–C) groups is 2. The second-order valence-electron chi connectivity index (χ2n) is 8.58. The topological polar surface area (TPSA) is 110 Å². The Kier molecular flexibility index (Phi) is 6.02. The molecule has 0 radical (unpaired) electrons. The highest BCUT2D eigenvalue weighted by Crippen LogP contribution is 2.43. The summed E-state index contributed by atoms with van der Waals surface area (Å²) >= 11 is 0. The number of aromatic nitrogens is 1. The SMILES string of the molecule is CCCS(=O)(=O)Oc1ccc(C2(c3cccc(-c4cccnc4)c3)N=C(N)N3CCCN=C32)cc1. The molecule has 1 aromatic heterocycles. The van der Waals surface area contributed by atoms with Gasteiger partial charge in [-0.1, -0.05) is 43.3 Å². The Balaban J connectivity index is 1.63. The Hall–Kier alpha value is -3.72. The molecule has 8 nitrogen and oxygen atoms in total. The van der Waals surface area contributed by atoms with Gasteiger partial charge < -0.3 is 9.92 Å². The van der Waals surface area contributed by atoms with Gasteiger partial charge in [0.2, 0.25) is 0 Å². The minimum absolute atomic E-state index is 0.0353. The minimum atomic E-state index is -3.63. The Morgan fingerprint density at radius 2 is 1.86 bits per heavy atom. The predicted molar refractivity (Wildman–Crippen MR) is 137 cm³/mol. The zero-order chi connectivity index (χ0) is 24.5. The summed E-state index contributed by atoms with van der Waals surface area (Å²) in [6.07, 6.45) is 4.95. The van der Waals surface area contributed by atoms with E-state index in [2.05, 4.69) is 11.1 Å². The highest BCUT2D eigenvalue weighted by atomic mass is 32.2. The molecular weight excluding hydrogens is 462 g/mol. The highest BCUT2D eigenvalue weighted by Gasteiger charge is 2.49. The van der Waals surface area contributed by atoms with Crippen LogP contribution in [0, 0.1) is 0 Å². The first-order chi connectivity index (χ1) is 16.9. The van der Waals surface area contributed by atoms with Crippen molar-refractivity contribution in [1.29, 1.82) is 0 Å². The summed E-state index contributed by atoms with van der Waals surface area (Å²) in [5.74, 6) is 1.42. The molecule has 0 fully saturated rings. The molecule has 0 amide bonds. The number of fused-ring (bicyclic) bond motifs is 1. The maximum atomic E-state index is 12.1. The summed E-state index contributed by atoms with van der Waals surface area (Å²) in [6, 6.07) is 19.0. The van der Waals surface area contributed by atoms with Crippen LogP contribution in [-0.2, 0) is 15.7 Å². The van der Waals surface area contributed by atoms with Gasteiger partial charge in [0, 0.05) is 25.5 Å². The lowest BCUT2D eigenvalue weighted by Gasteiger charge is -2.33. The molecule has 9 heteroatoms. The van der Waals surface area contributed by atoms with Gasteiger partial charge in [0.15, 0.2) is 11.5 Å². The largest absolute Gasteiger partial charge is 0.382 e. The van der Waals surface area contributed by atoms with Gasteiger partial charge in [-0.15, -0.1) is 0 Å². The van der Waals surface area contributed by atoms with E-state index >= 15 is 0 Å². The van der Waals surface area contributed by atoms with Crippen LogP contribution in [0.1, 0.15) is 30.9 Å². The van der Waals surface area contributed by atoms with Crippen molar-refractivity contribution in [3.63, 3.8) is 0 Å². The van der Waals surface area contributed by atoms with Crippen molar-refractivity contribution < 1.29 is 12.6 Å². The van der Waals surface area contributed by atoms with Crippen molar-refractivity contribution in [3.05, 3.63) is 84.2 Å². The van der Waals surface area contributed by atoms with E-state index in [0.29, 0.717) is 18.9 Å². The minimum Gasteiger partial charge on any atom is -0.382 e. The summed E-state index contributed by atoms with van der Waals surface area (Å²) in [5, 5.41) is 0. The van der Waals surface area contributed by atoms with Gasteiger partial charge in [-0.05, 0) is 59.4 Å². The lowest BCUT2D eigenvalue weighted by atomic mass is 9.81. The standard InChI is InChI=1S/C26H27N5O3S/c1-2-16-35(32,33)34-23-11-9-21(10-12-23)26(24-29-14-5-15-31(24)25(27)30-26)22-8-3-6-19(17-22)20-7-4-13-28-18-20/h3-4,6-13,17-18H,2,5,14-16H2,1H3,(H2,27,30). The van der Waals surface area contributed by atoms with Crippen molar-refractivity contribution in [1.82, 2.24) is 9.88 Å². The number of pyridine rings is 1. The van der Waals surface area contributed by atoms with Crippen LogP contribution in [-0.4, -0.2) is 48.9 Å². The molecule has 2 aliphatic heterocycles. The molecule has 0 saturated carbocycles. The van der Waals surface area contributed by atoms with Crippen LogP contribution in [0.3, 0.4) is 0 Å². The first kappa shape index (κ1) is 23.0. The molecule has 2 aliphatic rings. The molecule has 1 unspecified atom stereocenters. The third-order valence-electron chi connectivity index (χ3n) is 6.16. The molecule has 0 bridgehead atoms. The molecule has 0 saturated heterocycles. The highest BCUT2D eigenvalue weighted by molar-refractivity contribution is 7.87. The number of hydrogen-bond donors (Lipinski definition) is 1. The van der Waals surface area contributed by atoms with Gasteiger partial charge in [0.1, 0.15) is 11.6 Å². The molecule has 3 heterocycles. The van der Waals surface area contributed by atoms with E-state index in [0.717, 1.165) is 41.1 Å². The molecule has 5 rings (SSSR count). The number of benzene rings is 2. The quantitative estimate of drug-likeness (QED) is 0.508. The van der Waals surface area contributed by atoms with E-state index in [4.69, 9.17) is 19.9 Å². The van der Waals surface area contributed by atoms with Crippen LogP contribution in [0.15, 0.2) is 83.0 Å². The van der Waals surface area contributed by atoms with Gasteiger partial charge in [-0.2, -0.15) is 8.42 Å². The Labute approximate surface area is 205 Å². The summed E-state index contributed by atoms with van der Waals surface area (Å²) in [6.45, 7) is 3.23. The molecule has 1 atom stereocenters. The van der Waals surface area contributed by atoms with Crippen LogP contribution in [0.4, 0.5) is 0 Å². The first-order valence-electron chi connectivity index (χ1n) is 11.6. The second-order valence-corrected chi connectivity index (χ2v) is 10.3. The van der Waals surface area contributed by atoms with E-state index in [1.54, 1.807) is 25.3 Å². The van der Waals surface area contributed by atoms with Gasteiger partial charge in [0.05, 0.1) is 5.75 Å². The monoisotopic (exact) mass is 489 g/mol. The average Bonchev–Trinajstić information content (AvgIpc) is 3.18. The molecule has 180 valence electrons. The number of guanidine groups is 1. The maximum Gasteiger partial charge on any atom is 0.309 e. The fourth-order valence-electron chi connectivity index (χ4n) is 4.62. The lowest BCUT2D eigenvalue weighted by Crippen LogP contribution is -2.46. The van der Waals surface area contributed by atoms with Gasteiger partial charge in [0.25, 0.3) is 0 Å². The zero-order valence-electron chi connectivity index (χ0n) is 19.5. The Morgan fingerprint density at radius 3 is 2.60 bits per heavy atom. The summed E-state index contributed by atoms with van der Waals surface area (Å²) in [7, 11) is -3.63. The summed E-state index contributed by atoms with van der Waals surface area (Å²) in [4.78, 5) is 16.1. The van der Waals surface area contributed by atoms with Crippen LogP contribution in [0.2, 0.25) is 0 Å². The Bertz CT molecular complexity index is 1390. The van der Waals surface area contributed by atoms with Crippen molar-refractivity contribution in [2.24, 2.45) is 15.7 Å². The number of rotatable bonds is 7. The van der Waals surface area contributed by atoms with Gasteiger partial charge in [-0.3, -0.25) is 14.9 Å². The predicted octanol–water partition coefficient (Wildman–Crippen LogP) is 3.54. The van der Waals surface area contributed by atoms with Crippen LogP contribution >= 0.6 is 0 Å². The average molecular weight is 490 g/mol. The molecule has 0 spiro atoms. The van der Waals surface area contributed by atoms with E-state index in [9.17, 15) is 8.42 Å². The van der Waals surface area contributed by atoms with E-state index in [1.807, 2.05) is 53.6 Å². The molecule has 35 heavy (non-hydrogen) atoms. The molecule has 2 N–H and O–H groups in total. The summed E-state index contributed by atoms with van der Waals surface area (Å²) < 4.78 is 29.5. The van der Waals surface area contributed by atoms with Crippen molar-refractivity contribution in [2.45, 2.75) is 25.3 Å². The molecule has 0 aliphatic carbocycles. The number of amidine groups is 1. The smallest absolute Gasteiger partial charge is 0.309 e. The summed E-state index contributed by atoms with van der Waals surface area (Å²) in [5.41, 5.74) is 9.20. The number of nitrogens with two attached hydrogens (primary N) is 1. The van der Waals surface area contributed by atoms with Crippen LogP contribution in [0.5, 0.6) is 5.75 Å². The Morgan fingerprint density at radius 1 is 1.06 bits per heavy atom. The van der Waals surface area contributed by atoms with Crippen LogP contribution < -0.4 is 9.92 Å². The second kappa shape index (κ2) is 9.14. The fourth-order valence-corrected chi connectivity index (χ4v) is 5.61. The molecule has 3 aromatic rings. The third-order valence-corrected chi connectivity index (χ3v) is 7.52. The lowest BCUT2D eigenvalue weighted by molar-refractivity contribution is 0.484. The third kappa shape index (κ3) is 4.27. The van der Waals surface area contributed by atoms with E-state index < -0.39 is 15.7 Å². The normalized spacial score (nSPS) is 19.6. The van der Waals surface area contributed by atoms with E-state index in [-0.39, 0.29) is 11.5 Å². The fraction of sp³-hybridized carbons (Fsp3) is 0.269. The van der Waals surface area contributed by atoms with Crippen molar-refractivity contribution in [2.75, 3.05) is 18.8 Å². The van der Waals surface area contributed by atoms with Gasteiger partial charge in [-0.25, -0.2) is 4.99 Å². The molecule has 2 aromatic carbocycles. The zero-order valence-corrected chi connectivity index (χ0v) is 20.3. The van der Waals surface area contributed by atoms with Gasteiger partial charge >= 0.3 is 10.1 Å². The number of hydrogen-bond acceptors (Lipinski definition) is 8. The first-order valence-corrected chi connectivity index (χ1v) is 13.2. The van der Waals surface area contributed by atoms with E-state index in [1.165, 1.54) is 0 Å². The van der Waals surface area contributed by atoms with Crippen molar-refractivity contribution >= 4 is 21.9 Å². The maximum absolute atomic E-state index is 12.1. The van der Waals surface area contributed by atoms with Crippen LogP contribution in [0.25, 0.3) is 11.1 Å². The van der Waals surface area contributed by atoms with Crippen molar-refractivity contribution in [3.8, 4) is 16.9 Å². The molecular formula is C26H27N5O3S.